The molecule has 1 amide bonds. The molecule has 0 radical (unpaired) electrons. The number of nitrogens with one attached hydrogen (secondary N) is 1. The lowest BCUT2D eigenvalue weighted by molar-refractivity contribution is 0.0664. The first kappa shape index (κ1) is 20.8. The molecule has 5 rings (SSSR count). The van der Waals surface area contributed by atoms with Gasteiger partial charge in [0.25, 0.3) is 5.91 Å². The van der Waals surface area contributed by atoms with Gasteiger partial charge in [-0.25, -0.2) is 0 Å². The fraction of sp³-hybridized carbons (Fsp3) is 0.138. The zero-order chi connectivity index (χ0) is 22.5. The van der Waals surface area contributed by atoms with E-state index in [1.165, 1.54) is 5.56 Å². The van der Waals surface area contributed by atoms with Crippen LogP contribution < -0.4 is 10.1 Å². The Morgan fingerprint density at radius 2 is 1.36 bits per heavy atom. The monoisotopic (exact) mass is 434 g/mol. The zero-order valence-electron chi connectivity index (χ0n) is 18.4. The maximum absolute atomic E-state index is 13.6. The van der Waals surface area contributed by atoms with Crippen molar-refractivity contribution in [3.63, 3.8) is 0 Å². The summed E-state index contributed by atoms with van der Waals surface area (Å²) in [6, 6.07) is 36.1. The molecule has 33 heavy (non-hydrogen) atoms. The van der Waals surface area contributed by atoms with Crippen molar-refractivity contribution in [1.82, 2.24) is 4.90 Å². The largest absolute Gasteiger partial charge is 0.493 e. The first-order valence-electron chi connectivity index (χ1n) is 11.3. The molecule has 4 heteroatoms. The minimum atomic E-state index is -0.333. The van der Waals surface area contributed by atoms with E-state index in [2.05, 4.69) is 17.4 Å². The molecule has 0 saturated heterocycles. The number of fused-ring (bicyclic) bond motifs is 1. The average molecular weight is 435 g/mol. The Hall–Kier alpha value is -4.05. The van der Waals surface area contributed by atoms with E-state index in [-0.39, 0.29) is 12.1 Å². The molecule has 4 aromatic carbocycles. The molecule has 0 aliphatic carbocycles. The summed E-state index contributed by atoms with van der Waals surface area (Å²) >= 11 is 0. The van der Waals surface area contributed by atoms with E-state index in [4.69, 9.17) is 4.74 Å². The quantitative estimate of drug-likeness (QED) is 0.384. The molecule has 0 saturated carbocycles. The minimum Gasteiger partial charge on any atom is -0.493 e. The van der Waals surface area contributed by atoms with Crippen LogP contribution in [0.2, 0.25) is 0 Å². The second kappa shape index (κ2) is 9.61. The van der Waals surface area contributed by atoms with Crippen LogP contribution in [0.15, 0.2) is 109 Å². The highest BCUT2D eigenvalue weighted by molar-refractivity contribution is 6.01. The van der Waals surface area contributed by atoms with Crippen molar-refractivity contribution >= 4 is 11.6 Å². The van der Waals surface area contributed by atoms with Gasteiger partial charge in [0, 0.05) is 24.2 Å². The van der Waals surface area contributed by atoms with E-state index in [9.17, 15) is 4.79 Å². The second-order valence-electron chi connectivity index (χ2n) is 8.13. The van der Waals surface area contributed by atoms with Crippen molar-refractivity contribution in [3.8, 4) is 5.75 Å². The first-order valence-corrected chi connectivity index (χ1v) is 11.3. The Balaban J connectivity index is 1.45. The van der Waals surface area contributed by atoms with Gasteiger partial charge < -0.3 is 15.0 Å². The van der Waals surface area contributed by atoms with Gasteiger partial charge in [0.15, 0.2) is 0 Å². The Labute approximate surface area is 194 Å². The van der Waals surface area contributed by atoms with Crippen molar-refractivity contribution in [2.24, 2.45) is 0 Å². The summed E-state index contributed by atoms with van der Waals surface area (Å²) in [5, 5.41) is 3.59. The van der Waals surface area contributed by atoms with Crippen molar-refractivity contribution in [2.45, 2.75) is 19.1 Å². The van der Waals surface area contributed by atoms with E-state index in [1.54, 1.807) is 0 Å². The predicted molar refractivity (Wildman–Crippen MR) is 131 cm³/mol. The standard InChI is InChI=1S/C29H26N2O2/c32-29-24-15-7-9-17-26(24)30-28(31(29)21-23-13-5-2-6-14-23)25-16-8-10-18-27(25)33-20-19-22-11-3-1-4-12-22/h1-18,28,30H,19-21H2. The van der Waals surface area contributed by atoms with Crippen molar-refractivity contribution in [2.75, 3.05) is 11.9 Å². The van der Waals surface area contributed by atoms with Crippen LogP contribution in [0.25, 0.3) is 0 Å². The Morgan fingerprint density at radius 1 is 0.727 bits per heavy atom. The number of anilines is 1. The highest BCUT2D eigenvalue weighted by Crippen LogP contribution is 2.37. The smallest absolute Gasteiger partial charge is 0.258 e. The summed E-state index contributed by atoms with van der Waals surface area (Å²) in [7, 11) is 0. The van der Waals surface area contributed by atoms with Crippen LogP contribution in [-0.2, 0) is 13.0 Å². The van der Waals surface area contributed by atoms with Gasteiger partial charge in [-0.05, 0) is 29.3 Å². The summed E-state index contributed by atoms with van der Waals surface area (Å²) in [4.78, 5) is 15.4. The molecule has 0 fully saturated rings. The lowest BCUT2D eigenvalue weighted by atomic mass is 10.0. The molecule has 1 N–H and O–H groups in total. The Morgan fingerprint density at radius 3 is 2.15 bits per heavy atom. The number of ether oxygens (including phenoxy) is 1. The number of hydrogen-bond donors (Lipinski definition) is 1. The van der Waals surface area contributed by atoms with Crippen LogP contribution in [0.3, 0.4) is 0 Å². The van der Waals surface area contributed by atoms with Crippen molar-refractivity contribution < 1.29 is 9.53 Å². The summed E-state index contributed by atoms with van der Waals surface area (Å²) in [6.45, 7) is 1.07. The van der Waals surface area contributed by atoms with Crippen LogP contribution in [0.5, 0.6) is 5.75 Å². The fourth-order valence-corrected chi connectivity index (χ4v) is 4.24. The Bertz CT molecular complexity index is 1220. The van der Waals surface area contributed by atoms with Gasteiger partial charge in [-0.3, -0.25) is 4.79 Å². The number of amides is 1. The third-order valence-corrected chi connectivity index (χ3v) is 5.92. The summed E-state index contributed by atoms with van der Waals surface area (Å²) in [6.07, 6.45) is 0.489. The maximum Gasteiger partial charge on any atom is 0.258 e. The number of rotatable bonds is 7. The van der Waals surface area contributed by atoms with E-state index in [0.717, 1.165) is 29.0 Å². The van der Waals surface area contributed by atoms with E-state index in [1.807, 2.05) is 102 Å². The van der Waals surface area contributed by atoms with E-state index < -0.39 is 0 Å². The van der Waals surface area contributed by atoms with Gasteiger partial charge in [-0.15, -0.1) is 0 Å². The predicted octanol–water partition coefficient (Wildman–Crippen LogP) is 6.07. The lowest BCUT2D eigenvalue weighted by Gasteiger charge is -2.38. The summed E-state index contributed by atoms with van der Waals surface area (Å²) in [5.74, 6) is 0.800. The van der Waals surface area contributed by atoms with Crippen molar-refractivity contribution in [3.05, 3.63) is 131 Å². The fourth-order valence-electron chi connectivity index (χ4n) is 4.24. The van der Waals surface area contributed by atoms with Gasteiger partial charge >= 0.3 is 0 Å². The Kier molecular flexibility index (Phi) is 6.07. The molecule has 1 aliphatic rings. The van der Waals surface area contributed by atoms with E-state index in [0.29, 0.717) is 18.7 Å². The number of carbonyl (C=O) groups is 1. The van der Waals surface area contributed by atoms with Crippen LogP contribution in [0, 0.1) is 0 Å². The number of hydrogen-bond acceptors (Lipinski definition) is 3. The highest BCUT2D eigenvalue weighted by Gasteiger charge is 2.34. The van der Waals surface area contributed by atoms with Crippen LogP contribution >= 0.6 is 0 Å². The summed E-state index contributed by atoms with van der Waals surface area (Å²) < 4.78 is 6.24. The van der Waals surface area contributed by atoms with Crippen LogP contribution in [0.4, 0.5) is 5.69 Å². The molecule has 0 bridgehead atoms. The van der Waals surface area contributed by atoms with Gasteiger partial charge in [-0.1, -0.05) is 91.0 Å². The number of nitrogens with zero attached hydrogens (tertiary/aromatic N) is 1. The van der Waals surface area contributed by atoms with Gasteiger partial charge in [-0.2, -0.15) is 0 Å². The number of carbonyl (C=O) groups excluding carboxylic acids is 1. The molecule has 0 spiro atoms. The highest BCUT2D eigenvalue weighted by atomic mass is 16.5. The van der Waals surface area contributed by atoms with Crippen LogP contribution in [-0.4, -0.2) is 17.4 Å². The molecular weight excluding hydrogens is 408 g/mol. The zero-order valence-corrected chi connectivity index (χ0v) is 18.4. The second-order valence-corrected chi connectivity index (χ2v) is 8.13. The average Bonchev–Trinajstić information content (AvgIpc) is 2.87. The first-order chi connectivity index (χ1) is 16.3. The third-order valence-electron chi connectivity index (χ3n) is 5.92. The SMILES string of the molecule is O=C1c2ccccc2NC(c2ccccc2OCCc2ccccc2)N1Cc1ccccc1. The van der Waals surface area contributed by atoms with Crippen molar-refractivity contribution in [1.29, 1.82) is 0 Å². The number of benzene rings is 4. The normalized spacial score (nSPS) is 15.0. The van der Waals surface area contributed by atoms with Gasteiger partial charge in [0.2, 0.25) is 0 Å². The molecule has 1 unspecified atom stereocenters. The maximum atomic E-state index is 13.6. The molecule has 4 nitrogen and oxygen atoms in total. The minimum absolute atomic E-state index is 0.0114. The molecule has 1 atom stereocenters. The van der Waals surface area contributed by atoms with Gasteiger partial charge in [0.05, 0.1) is 12.2 Å². The topological polar surface area (TPSA) is 41.6 Å². The molecule has 164 valence electrons. The van der Waals surface area contributed by atoms with E-state index >= 15 is 0 Å². The molecule has 4 aromatic rings. The van der Waals surface area contributed by atoms with Crippen LogP contribution in [0.1, 0.15) is 33.2 Å². The summed E-state index contributed by atoms with van der Waals surface area (Å²) in [5.41, 5.74) is 4.80. The molecule has 0 aromatic heterocycles. The van der Waals surface area contributed by atoms with Gasteiger partial charge in [0.1, 0.15) is 11.9 Å². The third kappa shape index (κ3) is 4.60. The molecule has 1 aliphatic heterocycles. The molecule has 1 heterocycles. The molecular formula is C29H26N2O2. The lowest BCUT2D eigenvalue weighted by Crippen LogP contribution is -2.42. The number of para-hydroxylation sites is 2.